The van der Waals surface area contributed by atoms with Gasteiger partial charge in [0.2, 0.25) is 5.17 Å². The van der Waals surface area contributed by atoms with Crippen LogP contribution in [0.3, 0.4) is 0 Å². The van der Waals surface area contributed by atoms with E-state index < -0.39 is 0 Å². The largest absolute Gasteiger partial charge is 0.304 e. The summed E-state index contributed by atoms with van der Waals surface area (Å²) in [5, 5.41) is 7.82. The van der Waals surface area contributed by atoms with Crippen molar-refractivity contribution in [2.45, 2.75) is 33.1 Å². The monoisotopic (exact) mass is 278 g/mol. The second-order valence-electron chi connectivity index (χ2n) is 4.68. The Labute approximate surface area is 119 Å². The highest BCUT2D eigenvalue weighted by atomic mass is 32.2. The minimum atomic E-state index is 0.623. The smallest absolute Gasteiger partial charge is 0.211 e. The molecule has 0 unspecified atom stereocenters. The third-order valence-electron chi connectivity index (χ3n) is 2.53. The predicted octanol–water partition coefficient (Wildman–Crippen LogP) is 4.56. The van der Waals surface area contributed by atoms with Crippen LogP contribution in [0.25, 0.3) is 0 Å². The maximum absolute atomic E-state index is 5.12. The Morgan fingerprint density at radius 2 is 1.95 bits per heavy atom. The summed E-state index contributed by atoms with van der Waals surface area (Å²) in [7, 11) is 0. The Morgan fingerprint density at radius 1 is 1.21 bits per heavy atom. The number of nitrogens with zero attached hydrogens (tertiary/aromatic N) is 3. The Morgan fingerprint density at radius 3 is 2.58 bits per heavy atom. The number of rotatable bonds is 6. The fourth-order valence-corrected chi connectivity index (χ4v) is 2.37. The molecule has 0 aliphatic heterocycles. The summed E-state index contributed by atoms with van der Waals surface area (Å²) in [5.74, 6) is 6.88. The van der Waals surface area contributed by atoms with Crippen molar-refractivity contribution in [1.29, 1.82) is 0 Å². The van der Waals surface area contributed by atoms with Crippen molar-refractivity contribution >= 4 is 22.6 Å². The van der Waals surface area contributed by atoms with Gasteiger partial charge in [0.1, 0.15) is 0 Å². The number of nitrogens with two attached hydrogens (primary N) is 1. The number of thioether (sulfide) groups is 1. The third-order valence-corrected chi connectivity index (χ3v) is 3.46. The molecule has 0 spiro atoms. The van der Waals surface area contributed by atoms with E-state index in [2.05, 4.69) is 29.2 Å². The average Bonchev–Trinajstić information content (AvgIpc) is 2.39. The van der Waals surface area contributed by atoms with Crippen LogP contribution in [-0.4, -0.2) is 10.9 Å². The van der Waals surface area contributed by atoms with Gasteiger partial charge in [-0.05, 0) is 24.5 Å². The van der Waals surface area contributed by atoms with Crippen LogP contribution in [0.5, 0.6) is 0 Å². The van der Waals surface area contributed by atoms with Gasteiger partial charge >= 0.3 is 0 Å². The van der Waals surface area contributed by atoms with Gasteiger partial charge in [-0.1, -0.05) is 61.9 Å². The lowest BCUT2D eigenvalue weighted by molar-refractivity contribution is 0.552. The van der Waals surface area contributed by atoms with E-state index in [4.69, 9.17) is 5.84 Å². The summed E-state index contributed by atoms with van der Waals surface area (Å²) in [6.45, 7) is 4.50. The molecule has 1 aromatic rings. The van der Waals surface area contributed by atoms with E-state index in [1.807, 2.05) is 30.3 Å². The first-order valence-corrected chi connectivity index (χ1v) is 7.58. The van der Waals surface area contributed by atoms with Gasteiger partial charge in [-0.3, -0.25) is 0 Å². The van der Waals surface area contributed by atoms with Crippen molar-refractivity contribution in [2.24, 2.45) is 27.1 Å². The number of hydrogen-bond donors (Lipinski definition) is 1. The second kappa shape index (κ2) is 9.55. The minimum absolute atomic E-state index is 0.623. The lowest BCUT2D eigenvalue weighted by Gasteiger charge is -2.03. The van der Waals surface area contributed by atoms with Crippen LogP contribution in [0, 0.1) is 5.92 Å². The van der Waals surface area contributed by atoms with E-state index in [1.54, 1.807) is 11.8 Å². The zero-order chi connectivity index (χ0) is 13.9. The summed E-state index contributed by atoms with van der Waals surface area (Å²) >= 11 is 1.60. The first-order valence-electron chi connectivity index (χ1n) is 6.60. The lowest BCUT2D eigenvalue weighted by atomic mass is 10.1. The SMILES string of the molecule is CC(C)CCCCSC(N=NN)=Nc1ccccc1. The van der Waals surface area contributed by atoms with Crippen LogP contribution < -0.4 is 5.84 Å². The second-order valence-corrected chi connectivity index (χ2v) is 5.75. The zero-order valence-corrected chi connectivity index (χ0v) is 12.4. The van der Waals surface area contributed by atoms with Gasteiger partial charge in [0.15, 0.2) is 0 Å². The number of para-hydroxylation sites is 1. The summed E-state index contributed by atoms with van der Waals surface area (Å²) in [4.78, 5) is 4.42. The van der Waals surface area contributed by atoms with Crippen LogP contribution in [0.4, 0.5) is 5.69 Å². The molecule has 19 heavy (non-hydrogen) atoms. The fraction of sp³-hybridized carbons (Fsp3) is 0.500. The van der Waals surface area contributed by atoms with Crippen LogP contribution in [-0.2, 0) is 0 Å². The van der Waals surface area contributed by atoms with E-state index in [-0.39, 0.29) is 0 Å². The molecule has 0 heterocycles. The van der Waals surface area contributed by atoms with Crippen molar-refractivity contribution in [2.75, 3.05) is 5.75 Å². The van der Waals surface area contributed by atoms with Crippen molar-refractivity contribution in [3.63, 3.8) is 0 Å². The Balaban J connectivity index is 2.43. The first kappa shape index (κ1) is 15.7. The molecule has 0 saturated carbocycles. The predicted molar refractivity (Wildman–Crippen MR) is 83.7 cm³/mol. The summed E-state index contributed by atoms with van der Waals surface area (Å²) < 4.78 is 0. The number of aliphatic imine (C=N–C) groups is 1. The molecule has 4 nitrogen and oxygen atoms in total. The van der Waals surface area contributed by atoms with E-state index in [0.29, 0.717) is 5.17 Å². The molecule has 5 heteroatoms. The van der Waals surface area contributed by atoms with Crippen molar-refractivity contribution in [3.05, 3.63) is 30.3 Å². The van der Waals surface area contributed by atoms with Crippen molar-refractivity contribution < 1.29 is 0 Å². The summed E-state index contributed by atoms with van der Waals surface area (Å²) in [5.41, 5.74) is 0.875. The molecule has 104 valence electrons. The molecule has 2 N–H and O–H groups in total. The molecule has 0 aliphatic carbocycles. The average molecular weight is 278 g/mol. The number of amidine groups is 1. The van der Waals surface area contributed by atoms with E-state index in [0.717, 1.165) is 23.8 Å². The topological polar surface area (TPSA) is 63.1 Å². The van der Waals surface area contributed by atoms with Crippen LogP contribution in [0.15, 0.2) is 45.7 Å². The third kappa shape index (κ3) is 7.62. The highest BCUT2D eigenvalue weighted by Gasteiger charge is 2.01. The van der Waals surface area contributed by atoms with Crippen LogP contribution in [0.1, 0.15) is 33.1 Å². The molecule has 0 radical (unpaired) electrons. The van der Waals surface area contributed by atoms with Gasteiger partial charge in [-0.15, -0.1) is 5.11 Å². The molecule has 1 aromatic carbocycles. The molecule has 0 aromatic heterocycles. The Kier molecular flexibility index (Phi) is 7.89. The fourth-order valence-electron chi connectivity index (χ4n) is 1.56. The zero-order valence-electron chi connectivity index (χ0n) is 11.6. The summed E-state index contributed by atoms with van der Waals surface area (Å²) in [6, 6.07) is 9.73. The number of benzene rings is 1. The number of hydrogen-bond acceptors (Lipinski definition) is 3. The van der Waals surface area contributed by atoms with E-state index in [1.165, 1.54) is 12.8 Å². The molecule has 0 fully saturated rings. The Hall–Kier alpha value is -1.36. The molecular weight excluding hydrogens is 256 g/mol. The van der Waals surface area contributed by atoms with Gasteiger partial charge in [0.25, 0.3) is 0 Å². The van der Waals surface area contributed by atoms with E-state index in [9.17, 15) is 0 Å². The van der Waals surface area contributed by atoms with Gasteiger partial charge in [-0.25, -0.2) is 4.99 Å². The molecular formula is C14H22N4S. The highest BCUT2D eigenvalue weighted by Crippen LogP contribution is 2.17. The van der Waals surface area contributed by atoms with Gasteiger partial charge < -0.3 is 5.84 Å². The molecule has 0 bridgehead atoms. The summed E-state index contributed by atoms with van der Waals surface area (Å²) in [6.07, 6.45) is 3.67. The number of unbranched alkanes of at least 4 members (excludes halogenated alkanes) is 1. The highest BCUT2D eigenvalue weighted by molar-refractivity contribution is 8.13. The molecule has 0 saturated heterocycles. The minimum Gasteiger partial charge on any atom is -0.304 e. The van der Waals surface area contributed by atoms with Crippen LogP contribution in [0.2, 0.25) is 0 Å². The maximum Gasteiger partial charge on any atom is 0.211 e. The van der Waals surface area contributed by atoms with Crippen molar-refractivity contribution in [3.8, 4) is 0 Å². The quantitative estimate of drug-likeness (QED) is 0.207. The van der Waals surface area contributed by atoms with Crippen molar-refractivity contribution in [1.82, 2.24) is 0 Å². The molecule has 0 amide bonds. The maximum atomic E-state index is 5.12. The molecule has 0 aliphatic rings. The lowest BCUT2D eigenvalue weighted by Crippen LogP contribution is -1.93. The molecule has 1 rings (SSSR count). The normalized spacial score (nSPS) is 12.5. The van der Waals surface area contributed by atoms with E-state index >= 15 is 0 Å². The van der Waals surface area contributed by atoms with Crippen LogP contribution >= 0.6 is 11.8 Å². The molecule has 0 atom stereocenters. The first-order chi connectivity index (χ1) is 9.22. The standard InChI is InChI=1S/C14H22N4S/c1-12(2)8-6-7-11-19-14(17-18-15)16-13-9-4-3-5-10-13/h3-5,9-10,12H,6-8,11H2,1-2H3,(H2,15,16,17). The Bertz CT molecular complexity index is 401. The van der Waals surface area contributed by atoms with Gasteiger partial charge in [0.05, 0.1) is 5.69 Å². The van der Waals surface area contributed by atoms with Gasteiger partial charge in [-0.2, -0.15) is 0 Å². The van der Waals surface area contributed by atoms with Gasteiger partial charge in [0, 0.05) is 5.75 Å².